The lowest BCUT2D eigenvalue weighted by Crippen LogP contribution is -2.07. The highest BCUT2D eigenvalue weighted by Gasteiger charge is 2.33. The molecule has 0 saturated heterocycles. The first-order chi connectivity index (χ1) is 9.24. The summed E-state index contributed by atoms with van der Waals surface area (Å²) in [6.45, 7) is 0.937. The first-order valence-corrected chi connectivity index (χ1v) is 6.96. The Kier molecular flexibility index (Phi) is 2.22. The number of fused-ring (bicyclic) bond motifs is 1. The molecule has 1 aromatic heterocycles. The molecule has 0 bridgehead atoms. The van der Waals surface area contributed by atoms with Crippen LogP contribution in [-0.4, -0.2) is 20.6 Å². The second kappa shape index (κ2) is 3.83. The standard InChI is InChI=1S/C15H16N2O2/c18-15(19)11-2-1-3-12-13(11)17(8-9-4-5-9)14(16-12)10-6-7-10/h1-3,9-10H,4-8H2,(H,18,19). The minimum absolute atomic E-state index is 0.387. The average molecular weight is 256 g/mol. The van der Waals surface area contributed by atoms with Gasteiger partial charge in [0.1, 0.15) is 5.82 Å². The van der Waals surface area contributed by atoms with Crippen LogP contribution in [0, 0.1) is 5.92 Å². The minimum atomic E-state index is -0.857. The summed E-state index contributed by atoms with van der Waals surface area (Å²) in [5.41, 5.74) is 2.05. The summed E-state index contributed by atoms with van der Waals surface area (Å²) in [6, 6.07) is 5.40. The van der Waals surface area contributed by atoms with Gasteiger partial charge in [0.15, 0.2) is 0 Å². The van der Waals surface area contributed by atoms with Crippen LogP contribution >= 0.6 is 0 Å². The first kappa shape index (κ1) is 11.0. The lowest BCUT2D eigenvalue weighted by Gasteiger charge is -2.09. The van der Waals surface area contributed by atoms with Gasteiger partial charge in [0.25, 0.3) is 0 Å². The van der Waals surface area contributed by atoms with E-state index in [1.54, 1.807) is 12.1 Å². The van der Waals surface area contributed by atoms with E-state index in [1.165, 1.54) is 25.7 Å². The van der Waals surface area contributed by atoms with Gasteiger partial charge in [-0.3, -0.25) is 0 Å². The molecule has 4 heteroatoms. The monoisotopic (exact) mass is 256 g/mol. The van der Waals surface area contributed by atoms with Crippen LogP contribution in [0.3, 0.4) is 0 Å². The minimum Gasteiger partial charge on any atom is -0.478 e. The van der Waals surface area contributed by atoms with Crippen molar-refractivity contribution in [3.8, 4) is 0 Å². The second-order valence-electron chi connectivity index (χ2n) is 5.78. The van der Waals surface area contributed by atoms with E-state index in [2.05, 4.69) is 4.57 Å². The van der Waals surface area contributed by atoms with Crippen molar-refractivity contribution in [1.29, 1.82) is 0 Å². The lowest BCUT2D eigenvalue weighted by atomic mass is 10.2. The summed E-state index contributed by atoms with van der Waals surface area (Å²) < 4.78 is 2.19. The zero-order valence-electron chi connectivity index (χ0n) is 10.7. The van der Waals surface area contributed by atoms with E-state index in [0.29, 0.717) is 11.5 Å². The SMILES string of the molecule is O=C(O)c1cccc2nc(C3CC3)n(CC3CC3)c12. The van der Waals surface area contributed by atoms with Crippen LogP contribution in [0.5, 0.6) is 0 Å². The number of carboxylic acid groups (broad SMARTS) is 1. The zero-order valence-corrected chi connectivity index (χ0v) is 10.7. The molecule has 0 aliphatic heterocycles. The Morgan fingerprint density at radius 3 is 2.74 bits per heavy atom. The fourth-order valence-corrected chi connectivity index (χ4v) is 2.77. The maximum atomic E-state index is 11.4. The molecule has 98 valence electrons. The highest BCUT2D eigenvalue weighted by molar-refractivity contribution is 6.01. The van der Waals surface area contributed by atoms with Crippen LogP contribution in [0.1, 0.15) is 47.8 Å². The average Bonchev–Trinajstić information content (AvgIpc) is 3.28. The molecular formula is C15H16N2O2. The Labute approximate surface area is 111 Å². The van der Waals surface area contributed by atoms with Gasteiger partial charge in [-0.25, -0.2) is 9.78 Å². The molecule has 4 rings (SSSR count). The third-order valence-electron chi connectivity index (χ3n) is 4.11. The fourth-order valence-electron chi connectivity index (χ4n) is 2.77. The van der Waals surface area contributed by atoms with E-state index < -0.39 is 5.97 Å². The number of imidazole rings is 1. The molecular weight excluding hydrogens is 240 g/mol. The normalized spacial score (nSPS) is 18.9. The summed E-state index contributed by atoms with van der Waals surface area (Å²) in [6.07, 6.45) is 4.91. The van der Waals surface area contributed by atoms with Gasteiger partial charge in [0.2, 0.25) is 0 Å². The maximum Gasteiger partial charge on any atom is 0.337 e. The van der Waals surface area contributed by atoms with E-state index in [9.17, 15) is 9.90 Å². The lowest BCUT2D eigenvalue weighted by molar-refractivity contribution is 0.0698. The van der Waals surface area contributed by atoms with Crippen molar-refractivity contribution in [3.63, 3.8) is 0 Å². The first-order valence-electron chi connectivity index (χ1n) is 6.96. The van der Waals surface area contributed by atoms with Crippen molar-refractivity contribution >= 4 is 17.0 Å². The van der Waals surface area contributed by atoms with E-state index >= 15 is 0 Å². The van der Waals surface area contributed by atoms with E-state index in [0.717, 1.165) is 29.3 Å². The van der Waals surface area contributed by atoms with Crippen LogP contribution in [-0.2, 0) is 6.54 Å². The van der Waals surface area contributed by atoms with Crippen LogP contribution in [0.2, 0.25) is 0 Å². The summed E-state index contributed by atoms with van der Waals surface area (Å²) in [7, 11) is 0. The molecule has 1 N–H and O–H groups in total. The maximum absolute atomic E-state index is 11.4. The zero-order chi connectivity index (χ0) is 13.0. The highest BCUT2D eigenvalue weighted by atomic mass is 16.4. The molecule has 2 fully saturated rings. The number of aromatic carboxylic acids is 1. The largest absolute Gasteiger partial charge is 0.478 e. The number of carbonyl (C=O) groups is 1. The van der Waals surface area contributed by atoms with Gasteiger partial charge in [0.05, 0.1) is 16.6 Å². The van der Waals surface area contributed by atoms with Gasteiger partial charge in [-0.2, -0.15) is 0 Å². The van der Waals surface area contributed by atoms with Gasteiger partial charge >= 0.3 is 5.97 Å². The van der Waals surface area contributed by atoms with Gasteiger partial charge in [-0.05, 0) is 43.7 Å². The number of carboxylic acids is 1. The molecule has 4 nitrogen and oxygen atoms in total. The smallest absolute Gasteiger partial charge is 0.337 e. The van der Waals surface area contributed by atoms with Crippen molar-refractivity contribution in [3.05, 3.63) is 29.6 Å². The number of aromatic nitrogens is 2. The second-order valence-corrected chi connectivity index (χ2v) is 5.78. The molecule has 2 saturated carbocycles. The number of nitrogens with zero attached hydrogens (tertiary/aromatic N) is 2. The van der Waals surface area contributed by atoms with Gasteiger partial charge in [0, 0.05) is 12.5 Å². The molecule has 1 heterocycles. The number of hydrogen-bond donors (Lipinski definition) is 1. The summed E-state index contributed by atoms with van der Waals surface area (Å²) in [5.74, 6) is 1.52. The van der Waals surface area contributed by atoms with Crippen LogP contribution < -0.4 is 0 Å². The van der Waals surface area contributed by atoms with E-state index in [4.69, 9.17) is 4.98 Å². The van der Waals surface area contributed by atoms with Crippen molar-refractivity contribution in [2.45, 2.75) is 38.1 Å². The molecule has 19 heavy (non-hydrogen) atoms. The number of rotatable bonds is 4. The molecule has 2 aromatic rings. The van der Waals surface area contributed by atoms with Crippen molar-refractivity contribution in [2.24, 2.45) is 5.92 Å². The van der Waals surface area contributed by atoms with E-state index in [1.807, 2.05) is 6.07 Å². The van der Waals surface area contributed by atoms with Crippen LogP contribution in [0.25, 0.3) is 11.0 Å². The molecule has 0 amide bonds. The third kappa shape index (κ3) is 1.82. The van der Waals surface area contributed by atoms with Gasteiger partial charge < -0.3 is 9.67 Å². The van der Waals surface area contributed by atoms with E-state index in [-0.39, 0.29) is 0 Å². The fraction of sp³-hybridized carbons (Fsp3) is 0.467. The molecule has 2 aliphatic carbocycles. The number of benzene rings is 1. The number of para-hydroxylation sites is 1. The highest BCUT2D eigenvalue weighted by Crippen LogP contribution is 2.42. The Balaban J connectivity index is 1.95. The molecule has 0 spiro atoms. The van der Waals surface area contributed by atoms with Crippen molar-refractivity contribution in [1.82, 2.24) is 9.55 Å². The van der Waals surface area contributed by atoms with Crippen molar-refractivity contribution in [2.75, 3.05) is 0 Å². The Morgan fingerprint density at radius 2 is 2.11 bits per heavy atom. The topological polar surface area (TPSA) is 55.1 Å². The summed E-state index contributed by atoms with van der Waals surface area (Å²) in [5, 5.41) is 9.38. The van der Waals surface area contributed by atoms with Gasteiger partial charge in [-0.15, -0.1) is 0 Å². The molecule has 0 radical (unpaired) electrons. The predicted molar refractivity (Wildman–Crippen MR) is 71.4 cm³/mol. The summed E-state index contributed by atoms with van der Waals surface area (Å²) >= 11 is 0. The van der Waals surface area contributed by atoms with Crippen molar-refractivity contribution < 1.29 is 9.90 Å². The molecule has 1 aromatic carbocycles. The summed E-state index contributed by atoms with van der Waals surface area (Å²) in [4.78, 5) is 16.1. The quantitative estimate of drug-likeness (QED) is 0.914. The van der Waals surface area contributed by atoms with Gasteiger partial charge in [-0.1, -0.05) is 6.07 Å². The number of hydrogen-bond acceptors (Lipinski definition) is 2. The third-order valence-corrected chi connectivity index (χ3v) is 4.11. The van der Waals surface area contributed by atoms with Crippen LogP contribution in [0.15, 0.2) is 18.2 Å². The van der Waals surface area contributed by atoms with Crippen LogP contribution in [0.4, 0.5) is 0 Å². The predicted octanol–water partition coefficient (Wildman–Crippen LogP) is 3.02. The molecule has 0 unspecified atom stereocenters. The molecule has 2 aliphatic rings. The molecule has 0 atom stereocenters. The Bertz CT molecular complexity index is 666. The Hall–Kier alpha value is -1.84. The Morgan fingerprint density at radius 1 is 1.32 bits per heavy atom.